The summed E-state index contributed by atoms with van der Waals surface area (Å²) >= 11 is 5.32. The van der Waals surface area contributed by atoms with E-state index in [0.29, 0.717) is 4.64 Å². The van der Waals surface area contributed by atoms with Crippen molar-refractivity contribution < 1.29 is 0 Å². The molecule has 2 nitrogen and oxygen atoms in total. The van der Waals surface area contributed by atoms with Crippen molar-refractivity contribution in [3.05, 3.63) is 46.4 Å². The van der Waals surface area contributed by atoms with E-state index in [-0.39, 0.29) is 0 Å². The number of benzene rings is 1. The molecule has 1 aromatic heterocycles. The molecule has 2 aromatic rings. The van der Waals surface area contributed by atoms with Gasteiger partial charge >= 0.3 is 0 Å². The molecule has 1 aliphatic rings. The Labute approximate surface area is 125 Å². The lowest BCUT2D eigenvalue weighted by Gasteiger charge is -2.28. The van der Waals surface area contributed by atoms with Crippen LogP contribution in [0.3, 0.4) is 0 Å². The monoisotopic (exact) mass is 284 g/mol. The fourth-order valence-corrected chi connectivity index (χ4v) is 3.05. The number of aromatic nitrogens is 2. The zero-order chi connectivity index (χ0) is 13.9. The van der Waals surface area contributed by atoms with Crippen molar-refractivity contribution in [1.82, 2.24) is 9.97 Å². The molecule has 0 aliphatic heterocycles. The maximum atomic E-state index is 5.32. The van der Waals surface area contributed by atoms with Crippen LogP contribution in [0.4, 0.5) is 0 Å². The minimum Gasteiger partial charge on any atom is -0.343 e. The molecular weight excluding hydrogens is 264 g/mol. The Bertz CT molecular complexity index is 656. The van der Waals surface area contributed by atoms with Crippen molar-refractivity contribution in [2.75, 3.05) is 0 Å². The lowest BCUT2D eigenvalue weighted by molar-refractivity contribution is 0.420. The summed E-state index contributed by atoms with van der Waals surface area (Å²) < 4.78 is 0.686. The summed E-state index contributed by atoms with van der Waals surface area (Å²) in [5.74, 6) is 1.72. The van der Waals surface area contributed by atoms with Gasteiger partial charge in [0.15, 0.2) is 0 Å². The van der Waals surface area contributed by atoms with Crippen molar-refractivity contribution in [2.45, 2.75) is 44.9 Å². The molecule has 0 bridgehead atoms. The van der Waals surface area contributed by atoms with Crippen LogP contribution in [0.5, 0.6) is 0 Å². The molecule has 1 heterocycles. The van der Waals surface area contributed by atoms with E-state index >= 15 is 0 Å². The molecular formula is C17H20N2S. The second-order valence-electron chi connectivity index (χ2n) is 5.54. The predicted molar refractivity (Wildman–Crippen MR) is 85.4 cm³/mol. The molecule has 1 saturated carbocycles. The van der Waals surface area contributed by atoms with Crippen molar-refractivity contribution in [2.24, 2.45) is 0 Å². The molecule has 0 unspecified atom stereocenters. The van der Waals surface area contributed by atoms with E-state index < -0.39 is 0 Å². The summed E-state index contributed by atoms with van der Waals surface area (Å²) in [6.45, 7) is 2.16. The maximum absolute atomic E-state index is 5.32. The molecule has 0 amide bonds. The highest BCUT2D eigenvalue weighted by atomic mass is 32.1. The molecule has 0 saturated heterocycles. The second-order valence-corrected chi connectivity index (χ2v) is 5.96. The standard InChI is InChI=1S/C17H20N2S/c1-2-6-16-18-15(11-17(20)19-16)14-10-4-3-9-13(14)12-7-5-8-12/h3-4,9-12H,2,5-8H2,1H3,(H,18,19,20). The summed E-state index contributed by atoms with van der Waals surface area (Å²) in [7, 11) is 0. The Morgan fingerprint density at radius 1 is 1.30 bits per heavy atom. The van der Waals surface area contributed by atoms with Crippen LogP contribution in [-0.4, -0.2) is 9.97 Å². The molecule has 0 radical (unpaired) electrons. The zero-order valence-corrected chi connectivity index (χ0v) is 12.7. The van der Waals surface area contributed by atoms with Gasteiger partial charge in [-0.15, -0.1) is 0 Å². The minimum atomic E-state index is 0.686. The third kappa shape index (κ3) is 2.68. The second kappa shape index (κ2) is 5.88. The third-order valence-electron chi connectivity index (χ3n) is 4.07. The third-order valence-corrected chi connectivity index (χ3v) is 4.28. The van der Waals surface area contributed by atoms with E-state index in [2.05, 4.69) is 41.2 Å². The molecule has 3 rings (SSSR count). The number of H-pyrrole nitrogens is 1. The fraction of sp³-hybridized carbons (Fsp3) is 0.412. The molecule has 20 heavy (non-hydrogen) atoms. The maximum Gasteiger partial charge on any atom is 0.130 e. The van der Waals surface area contributed by atoms with Gasteiger partial charge < -0.3 is 4.98 Å². The summed E-state index contributed by atoms with van der Waals surface area (Å²) in [5.41, 5.74) is 3.87. The van der Waals surface area contributed by atoms with Gasteiger partial charge in [-0.25, -0.2) is 4.98 Å². The van der Waals surface area contributed by atoms with Crippen LogP contribution in [0.15, 0.2) is 30.3 Å². The Balaban J connectivity index is 2.06. The summed E-state index contributed by atoms with van der Waals surface area (Å²) in [4.78, 5) is 7.89. The van der Waals surface area contributed by atoms with Gasteiger partial charge in [0.25, 0.3) is 0 Å². The average molecular weight is 284 g/mol. The molecule has 3 heteroatoms. The molecule has 1 N–H and O–H groups in total. The Morgan fingerprint density at radius 3 is 2.80 bits per heavy atom. The first-order chi connectivity index (χ1) is 9.78. The summed E-state index contributed by atoms with van der Waals surface area (Å²) in [6, 6.07) is 10.7. The van der Waals surface area contributed by atoms with E-state index in [1.165, 1.54) is 30.4 Å². The number of nitrogens with zero attached hydrogens (tertiary/aromatic N) is 1. The molecule has 0 atom stereocenters. The molecule has 1 aliphatic carbocycles. The number of hydrogen-bond acceptors (Lipinski definition) is 2. The first-order valence-corrected chi connectivity index (χ1v) is 7.88. The van der Waals surface area contributed by atoms with Gasteiger partial charge in [0.05, 0.1) is 0 Å². The van der Waals surface area contributed by atoms with E-state index in [4.69, 9.17) is 12.2 Å². The smallest absolute Gasteiger partial charge is 0.130 e. The van der Waals surface area contributed by atoms with Gasteiger partial charge in [-0.2, -0.15) is 0 Å². The van der Waals surface area contributed by atoms with Crippen molar-refractivity contribution in [3.63, 3.8) is 0 Å². The van der Waals surface area contributed by atoms with Crippen LogP contribution in [-0.2, 0) is 6.42 Å². The number of nitrogens with one attached hydrogen (secondary N) is 1. The fourth-order valence-electron chi connectivity index (χ4n) is 2.83. The highest BCUT2D eigenvalue weighted by Crippen LogP contribution is 2.40. The normalized spacial score (nSPS) is 15.1. The van der Waals surface area contributed by atoms with Gasteiger partial charge in [0.1, 0.15) is 10.5 Å². The Kier molecular flexibility index (Phi) is 3.97. The van der Waals surface area contributed by atoms with Crippen LogP contribution >= 0.6 is 12.2 Å². The molecule has 0 spiro atoms. The van der Waals surface area contributed by atoms with E-state index in [9.17, 15) is 0 Å². The average Bonchev–Trinajstić information content (AvgIpc) is 2.37. The van der Waals surface area contributed by atoms with Crippen molar-refractivity contribution >= 4 is 12.2 Å². The largest absolute Gasteiger partial charge is 0.343 e. The van der Waals surface area contributed by atoms with Gasteiger partial charge in [0, 0.05) is 17.7 Å². The summed E-state index contributed by atoms with van der Waals surface area (Å²) in [5, 5.41) is 0. The Morgan fingerprint density at radius 2 is 2.10 bits per heavy atom. The van der Waals surface area contributed by atoms with Crippen molar-refractivity contribution in [1.29, 1.82) is 0 Å². The molecule has 1 fully saturated rings. The van der Waals surface area contributed by atoms with Gasteiger partial charge in [-0.3, -0.25) is 0 Å². The van der Waals surface area contributed by atoms with Crippen LogP contribution in [0.25, 0.3) is 11.3 Å². The SMILES string of the molecule is CCCc1nc(=S)cc(-c2ccccc2C2CCC2)[nH]1. The minimum absolute atomic E-state index is 0.686. The zero-order valence-electron chi connectivity index (χ0n) is 11.9. The highest BCUT2D eigenvalue weighted by molar-refractivity contribution is 7.71. The van der Waals surface area contributed by atoms with Crippen LogP contribution in [0.2, 0.25) is 0 Å². The van der Waals surface area contributed by atoms with Gasteiger partial charge in [-0.1, -0.05) is 49.8 Å². The number of rotatable bonds is 4. The first kappa shape index (κ1) is 13.5. The van der Waals surface area contributed by atoms with Crippen LogP contribution in [0, 0.1) is 4.64 Å². The molecule has 104 valence electrons. The lowest BCUT2D eigenvalue weighted by atomic mass is 9.78. The van der Waals surface area contributed by atoms with Crippen molar-refractivity contribution in [3.8, 4) is 11.3 Å². The number of aryl methyl sites for hydroxylation is 1. The topological polar surface area (TPSA) is 28.7 Å². The number of aromatic amines is 1. The first-order valence-electron chi connectivity index (χ1n) is 7.47. The Hall–Kier alpha value is -1.48. The summed E-state index contributed by atoms with van der Waals surface area (Å²) in [6.07, 6.45) is 6.00. The predicted octanol–water partition coefficient (Wildman–Crippen LogP) is 5.03. The van der Waals surface area contributed by atoms with E-state index in [1.807, 2.05) is 6.07 Å². The number of hydrogen-bond donors (Lipinski definition) is 1. The van der Waals surface area contributed by atoms with E-state index in [1.54, 1.807) is 0 Å². The highest BCUT2D eigenvalue weighted by Gasteiger charge is 2.22. The van der Waals surface area contributed by atoms with Gasteiger partial charge in [-0.05, 0) is 36.8 Å². The van der Waals surface area contributed by atoms with Crippen LogP contribution in [0.1, 0.15) is 49.9 Å². The van der Waals surface area contributed by atoms with Crippen LogP contribution < -0.4 is 0 Å². The quantitative estimate of drug-likeness (QED) is 0.798. The molecule has 1 aromatic carbocycles. The lowest BCUT2D eigenvalue weighted by Crippen LogP contribution is -2.10. The van der Waals surface area contributed by atoms with Gasteiger partial charge in [0.2, 0.25) is 0 Å². The van der Waals surface area contributed by atoms with E-state index in [0.717, 1.165) is 30.3 Å².